The number of halogens is 2. The maximum atomic E-state index is 12.2. The minimum absolute atomic E-state index is 0.0524. The summed E-state index contributed by atoms with van der Waals surface area (Å²) < 4.78 is 25.3. The van der Waals surface area contributed by atoms with Crippen molar-refractivity contribution in [1.82, 2.24) is 15.0 Å². The fourth-order valence-electron chi connectivity index (χ4n) is 1.37. The molecule has 0 radical (unpaired) electrons. The smallest absolute Gasteiger partial charge is 0.335 e. The summed E-state index contributed by atoms with van der Waals surface area (Å²) in [7, 11) is 0. The number of aromatic carboxylic acids is 1. The van der Waals surface area contributed by atoms with Crippen LogP contribution < -0.4 is 0 Å². The van der Waals surface area contributed by atoms with E-state index < -0.39 is 18.9 Å². The topological polar surface area (TPSA) is 68.0 Å². The number of fused-ring (bicyclic) bond motifs is 1. The number of benzene rings is 1. The van der Waals surface area contributed by atoms with Crippen molar-refractivity contribution in [3.8, 4) is 0 Å². The molecule has 0 fully saturated rings. The normalized spacial score (nSPS) is 11.2. The van der Waals surface area contributed by atoms with Gasteiger partial charge in [0.2, 0.25) is 0 Å². The van der Waals surface area contributed by atoms with Crippen LogP contribution in [0.1, 0.15) is 10.4 Å². The zero-order chi connectivity index (χ0) is 11.7. The van der Waals surface area contributed by atoms with Crippen LogP contribution in [0, 0.1) is 0 Å². The van der Waals surface area contributed by atoms with Crippen molar-refractivity contribution >= 4 is 17.0 Å². The summed E-state index contributed by atoms with van der Waals surface area (Å²) in [5.74, 6) is -1.09. The molecule has 1 heterocycles. The molecule has 5 nitrogen and oxygen atoms in total. The lowest BCUT2D eigenvalue weighted by Gasteiger charge is -2.00. The maximum absolute atomic E-state index is 12.2. The van der Waals surface area contributed by atoms with Gasteiger partial charge in [-0.25, -0.2) is 18.3 Å². The summed E-state index contributed by atoms with van der Waals surface area (Å²) in [6, 6.07) is 4.05. The summed E-state index contributed by atoms with van der Waals surface area (Å²) in [6.07, 6.45) is -2.52. The van der Waals surface area contributed by atoms with Crippen LogP contribution in [0.25, 0.3) is 11.0 Å². The van der Waals surface area contributed by atoms with Crippen molar-refractivity contribution in [2.45, 2.75) is 13.0 Å². The fourth-order valence-corrected chi connectivity index (χ4v) is 1.37. The molecule has 84 valence electrons. The van der Waals surface area contributed by atoms with Gasteiger partial charge < -0.3 is 5.11 Å². The summed E-state index contributed by atoms with van der Waals surface area (Å²) in [6.45, 7) is -0.553. The third-order valence-corrected chi connectivity index (χ3v) is 2.07. The quantitative estimate of drug-likeness (QED) is 0.860. The van der Waals surface area contributed by atoms with E-state index in [0.29, 0.717) is 11.0 Å². The molecule has 0 unspecified atom stereocenters. The lowest BCUT2D eigenvalue weighted by Crippen LogP contribution is -2.08. The molecule has 7 heteroatoms. The van der Waals surface area contributed by atoms with Crippen LogP contribution in [0.15, 0.2) is 18.2 Å². The van der Waals surface area contributed by atoms with E-state index >= 15 is 0 Å². The SMILES string of the molecule is O=C(O)c1ccc2c(c1)nnn2CC(F)F. The van der Waals surface area contributed by atoms with Gasteiger partial charge in [0.25, 0.3) is 6.43 Å². The summed E-state index contributed by atoms with van der Waals surface area (Å²) in [5.41, 5.74) is 0.738. The Bertz CT molecular complexity index is 539. The van der Waals surface area contributed by atoms with Gasteiger partial charge in [-0.2, -0.15) is 0 Å². The molecule has 1 aromatic carbocycles. The van der Waals surface area contributed by atoms with Gasteiger partial charge in [-0.15, -0.1) is 5.10 Å². The summed E-state index contributed by atoms with van der Waals surface area (Å²) in [5, 5.41) is 15.9. The van der Waals surface area contributed by atoms with E-state index in [1.165, 1.54) is 18.2 Å². The van der Waals surface area contributed by atoms with Crippen LogP contribution >= 0.6 is 0 Å². The third kappa shape index (κ3) is 1.83. The molecule has 2 rings (SSSR count). The molecule has 2 aromatic rings. The van der Waals surface area contributed by atoms with Crippen molar-refractivity contribution in [3.63, 3.8) is 0 Å². The number of hydrogen-bond acceptors (Lipinski definition) is 3. The van der Waals surface area contributed by atoms with E-state index in [1.807, 2.05) is 0 Å². The average molecular weight is 227 g/mol. The van der Waals surface area contributed by atoms with Gasteiger partial charge in [0, 0.05) is 0 Å². The molecule has 0 bridgehead atoms. The van der Waals surface area contributed by atoms with Crippen LogP contribution in [-0.4, -0.2) is 32.5 Å². The first kappa shape index (κ1) is 10.5. The zero-order valence-corrected chi connectivity index (χ0v) is 7.97. The number of carbonyl (C=O) groups is 1. The number of nitrogens with zero attached hydrogens (tertiary/aromatic N) is 3. The van der Waals surface area contributed by atoms with E-state index in [0.717, 1.165) is 4.68 Å². The summed E-state index contributed by atoms with van der Waals surface area (Å²) in [4.78, 5) is 10.7. The lowest BCUT2D eigenvalue weighted by atomic mass is 10.2. The number of carboxylic acid groups (broad SMARTS) is 1. The Balaban J connectivity index is 2.46. The Morgan fingerprint density at radius 3 is 2.88 bits per heavy atom. The predicted molar refractivity (Wildman–Crippen MR) is 50.5 cm³/mol. The number of rotatable bonds is 3. The number of alkyl halides is 2. The van der Waals surface area contributed by atoms with E-state index in [1.54, 1.807) is 0 Å². The van der Waals surface area contributed by atoms with Crippen LogP contribution in [0.2, 0.25) is 0 Å². The molecular formula is C9H7F2N3O2. The van der Waals surface area contributed by atoms with Gasteiger partial charge in [-0.05, 0) is 18.2 Å². The van der Waals surface area contributed by atoms with Crippen molar-refractivity contribution in [2.75, 3.05) is 0 Å². The second-order valence-corrected chi connectivity index (χ2v) is 3.17. The minimum Gasteiger partial charge on any atom is -0.478 e. The molecule has 0 aliphatic rings. The Morgan fingerprint density at radius 2 is 2.25 bits per heavy atom. The van der Waals surface area contributed by atoms with E-state index in [-0.39, 0.29) is 5.56 Å². The molecule has 1 aromatic heterocycles. The molecule has 1 N–H and O–H groups in total. The predicted octanol–water partition coefficient (Wildman–Crippen LogP) is 1.39. The number of carboxylic acids is 1. The second-order valence-electron chi connectivity index (χ2n) is 3.17. The highest BCUT2D eigenvalue weighted by atomic mass is 19.3. The molecule has 0 atom stereocenters. The monoisotopic (exact) mass is 227 g/mol. The standard InChI is InChI=1S/C9H7F2N3O2/c10-8(11)4-14-7-2-1-5(9(15)16)3-6(7)12-13-14/h1-3,8H,4H2,(H,15,16). The summed E-state index contributed by atoms with van der Waals surface area (Å²) >= 11 is 0. The van der Waals surface area contributed by atoms with Gasteiger partial charge in [0.15, 0.2) is 0 Å². The van der Waals surface area contributed by atoms with E-state index in [9.17, 15) is 13.6 Å². The van der Waals surface area contributed by atoms with Crippen molar-refractivity contribution < 1.29 is 18.7 Å². The zero-order valence-electron chi connectivity index (χ0n) is 7.97. The first-order valence-corrected chi connectivity index (χ1v) is 4.42. The average Bonchev–Trinajstić information content (AvgIpc) is 2.60. The molecule has 0 aliphatic carbocycles. The van der Waals surface area contributed by atoms with Crippen LogP contribution in [0.5, 0.6) is 0 Å². The Kier molecular flexibility index (Phi) is 2.51. The molecule has 0 saturated heterocycles. The van der Waals surface area contributed by atoms with Gasteiger partial charge in [-0.1, -0.05) is 5.21 Å². The van der Waals surface area contributed by atoms with Gasteiger partial charge in [0.1, 0.15) is 12.1 Å². The van der Waals surface area contributed by atoms with Crippen molar-refractivity contribution in [3.05, 3.63) is 23.8 Å². The van der Waals surface area contributed by atoms with Crippen LogP contribution in [-0.2, 0) is 6.54 Å². The van der Waals surface area contributed by atoms with Gasteiger partial charge in [0.05, 0.1) is 11.1 Å². The fraction of sp³-hybridized carbons (Fsp3) is 0.222. The van der Waals surface area contributed by atoms with Crippen LogP contribution in [0.3, 0.4) is 0 Å². The molecular weight excluding hydrogens is 220 g/mol. The van der Waals surface area contributed by atoms with Gasteiger partial charge >= 0.3 is 5.97 Å². The molecule has 0 spiro atoms. The minimum atomic E-state index is -2.52. The Labute approximate surface area is 88.3 Å². The highest BCUT2D eigenvalue weighted by Crippen LogP contribution is 2.14. The molecule has 0 aliphatic heterocycles. The van der Waals surface area contributed by atoms with Gasteiger partial charge in [-0.3, -0.25) is 0 Å². The highest BCUT2D eigenvalue weighted by Gasteiger charge is 2.11. The largest absolute Gasteiger partial charge is 0.478 e. The number of hydrogen-bond donors (Lipinski definition) is 1. The Hall–Kier alpha value is -2.05. The highest BCUT2D eigenvalue weighted by molar-refractivity contribution is 5.92. The second kappa shape index (κ2) is 3.84. The molecule has 16 heavy (non-hydrogen) atoms. The first-order valence-electron chi connectivity index (χ1n) is 4.42. The van der Waals surface area contributed by atoms with Crippen molar-refractivity contribution in [2.24, 2.45) is 0 Å². The lowest BCUT2D eigenvalue weighted by molar-refractivity contribution is 0.0697. The first-order chi connectivity index (χ1) is 7.58. The molecule has 0 amide bonds. The number of aromatic nitrogens is 3. The van der Waals surface area contributed by atoms with E-state index in [2.05, 4.69) is 10.3 Å². The van der Waals surface area contributed by atoms with Crippen LogP contribution in [0.4, 0.5) is 8.78 Å². The third-order valence-electron chi connectivity index (χ3n) is 2.07. The molecule has 0 saturated carbocycles. The van der Waals surface area contributed by atoms with E-state index in [4.69, 9.17) is 5.11 Å². The Morgan fingerprint density at radius 1 is 1.50 bits per heavy atom. The maximum Gasteiger partial charge on any atom is 0.335 e. The van der Waals surface area contributed by atoms with Crippen molar-refractivity contribution in [1.29, 1.82) is 0 Å².